The first-order valence-electron chi connectivity index (χ1n) is 7.69. The van der Waals surface area contributed by atoms with E-state index >= 15 is 0 Å². The number of pyridine rings is 1. The minimum Gasteiger partial charge on any atom is -0.455 e. The van der Waals surface area contributed by atoms with E-state index in [4.69, 9.17) is 16.3 Å². The summed E-state index contributed by atoms with van der Waals surface area (Å²) in [6.07, 6.45) is 1.56. The third kappa shape index (κ3) is 4.74. The SMILES string of the molecule is O=C(Cn1cc(Br)ccc1=O)Nc1cc(Cl)ccc1Oc1ccccc1. The number of amides is 1. The van der Waals surface area contributed by atoms with Crippen molar-refractivity contribution in [1.82, 2.24) is 4.57 Å². The second-order valence-electron chi connectivity index (χ2n) is 5.42. The molecule has 0 radical (unpaired) electrons. The van der Waals surface area contributed by atoms with E-state index < -0.39 is 0 Å². The maximum Gasteiger partial charge on any atom is 0.251 e. The second kappa shape index (κ2) is 8.21. The molecule has 5 nitrogen and oxygen atoms in total. The topological polar surface area (TPSA) is 60.3 Å². The van der Waals surface area contributed by atoms with E-state index in [1.54, 1.807) is 42.6 Å². The van der Waals surface area contributed by atoms with Crippen molar-refractivity contribution >= 4 is 39.1 Å². The number of nitrogens with one attached hydrogen (secondary N) is 1. The van der Waals surface area contributed by atoms with Crippen LogP contribution in [-0.4, -0.2) is 10.5 Å². The molecule has 0 atom stereocenters. The molecule has 0 aliphatic carbocycles. The molecule has 3 aromatic rings. The maximum atomic E-state index is 12.4. The molecule has 7 heteroatoms. The molecule has 0 saturated heterocycles. The van der Waals surface area contributed by atoms with E-state index in [0.717, 1.165) is 0 Å². The Morgan fingerprint density at radius 3 is 2.65 bits per heavy atom. The van der Waals surface area contributed by atoms with Gasteiger partial charge in [0.05, 0.1) is 5.69 Å². The molecule has 0 saturated carbocycles. The van der Waals surface area contributed by atoms with Crippen molar-refractivity contribution in [3.05, 3.63) is 86.7 Å². The molecular weight excluding hydrogens is 420 g/mol. The Morgan fingerprint density at radius 2 is 1.88 bits per heavy atom. The third-order valence-electron chi connectivity index (χ3n) is 3.45. The average Bonchev–Trinajstić information content (AvgIpc) is 2.61. The van der Waals surface area contributed by atoms with Crippen LogP contribution in [0.15, 0.2) is 76.1 Å². The summed E-state index contributed by atoms with van der Waals surface area (Å²) >= 11 is 9.32. The van der Waals surface area contributed by atoms with Crippen LogP contribution in [0.4, 0.5) is 5.69 Å². The van der Waals surface area contributed by atoms with Crippen molar-refractivity contribution < 1.29 is 9.53 Å². The summed E-state index contributed by atoms with van der Waals surface area (Å²) in [7, 11) is 0. The normalized spacial score (nSPS) is 10.4. The van der Waals surface area contributed by atoms with Gasteiger partial charge in [0.2, 0.25) is 5.91 Å². The number of anilines is 1. The maximum absolute atomic E-state index is 12.4. The van der Waals surface area contributed by atoms with Gasteiger partial charge in [-0.2, -0.15) is 0 Å². The molecule has 0 unspecified atom stereocenters. The van der Waals surface area contributed by atoms with Crippen LogP contribution in [-0.2, 0) is 11.3 Å². The Kier molecular flexibility index (Phi) is 5.75. The van der Waals surface area contributed by atoms with Crippen molar-refractivity contribution in [3.63, 3.8) is 0 Å². The van der Waals surface area contributed by atoms with Gasteiger partial charge in [-0.1, -0.05) is 29.8 Å². The number of carbonyl (C=O) groups excluding carboxylic acids is 1. The zero-order chi connectivity index (χ0) is 18.5. The van der Waals surface area contributed by atoms with Crippen LogP contribution < -0.4 is 15.6 Å². The van der Waals surface area contributed by atoms with Gasteiger partial charge in [0.15, 0.2) is 5.75 Å². The minimum absolute atomic E-state index is 0.129. The predicted octanol–water partition coefficient (Wildman–Crippen LogP) is 4.70. The highest BCUT2D eigenvalue weighted by Gasteiger charge is 2.11. The molecule has 0 spiro atoms. The van der Waals surface area contributed by atoms with Crippen molar-refractivity contribution in [1.29, 1.82) is 0 Å². The van der Waals surface area contributed by atoms with E-state index in [0.29, 0.717) is 26.7 Å². The predicted molar refractivity (Wildman–Crippen MR) is 105 cm³/mol. The zero-order valence-electron chi connectivity index (χ0n) is 13.5. The number of rotatable bonds is 5. The number of halogens is 2. The molecule has 0 aliphatic rings. The molecule has 3 rings (SSSR count). The smallest absolute Gasteiger partial charge is 0.251 e. The first kappa shape index (κ1) is 18.2. The summed E-state index contributed by atoms with van der Waals surface area (Å²) in [5.74, 6) is 0.717. The lowest BCUT2D eigenvalue weighted by atomic mass is 10.2. The van der Waals surface area contributed by atoms with Gasteiger partial charge in [-0.05, 0) is 52.3 Å². The van der Waals surface area contributed by atoms with Crippen LogP contribution in [0.2, 0.25) is 5.02 Å². The van der Waals surface area contributed by atoms with Gasteiger partial charge in [-0.3, -0.25) is 9.59 Å². The lowest BCUT2D eigenvalue weighted by Crippen LogP contribution is -2.26. The Morgan fingerprint density at radius 1 is 1.12 bits per heavy atom. The second-order valence-corrected chi connectivity index (χ2v) is 6.77. The number of hydrogen-bond acceptors (Lipinski definition) is 3. The van der Waals surface area contributed by atoms with Crippen LogP contribution in [0.1, 0.15) is 0 Å². The van der Waals surface area contributed by atoms with Crippen LogP contribution in [0.3, 0.4) is 0 Å². The number of para-hydroxylation sites is 1. The Balaban J connectivity index is 1.80. The molecule has 0 bridgehead atoms. The fourth-order valence-corrected chi connectivity index (χ4v) is 2.83. The van der Waals surface area contributed by atoms with E-state index in [2.05, 4.69) is 21.2 Å². The molecule has 132 valence electrons. The number of benzene rings is 2. The van der Waals surface area contributed by atoms with Crippen molar-refractivity contribution in [3.8, 4) is 11.5 Å². The van der Waals surface area contributed by atoms with Gasteiger partial charge in [-0.25, -0.2) is 0 Å². The first-order valence-corrected chi connectivity index (χ1v) is 8.87. The van der Waals surface area contributed by atoms with Crippen LogP contribution in [0.25, 0.3) is 0 Å². The highest BCUT2D eigenvalue weighted by molar-refractivity contribution is 9.10. The summed E-state index contributed by atoms with van der Waals surface area (Å²) in [6, 6.07) is 17.2. The molecule has 1 heterocycles. The first-order chi connectivity index (χ1) is 12.5. The average molecular weight is 434 g/mol. The lowest BCUT2D eigenvalue weighted by Gasteiger charge is -2.13. The molecule has 2 aromatic carbocycles. The standard InChI is InChI=1S/C19H14BrClN2O3/c20-13-6-9-19(25)23(11-13)12-18(24)22-16-10-14(21)7-8-17(16)26-15-4-2-1-3-5-15/h1-11H,12H2,(H,22,24). The number of nitrogens with zero attached hydrogens (tertiary/aromatic N) is 1. The Labute approximate surface area is 163 Å². The van der Waals surface area contributed by atoms with E-state index in [-0.39, 0.29) is 18.0 Å². The molecule has 26 heavy (non-hydrogen) atoms. The van der Waals surface area contributed by atoms with Crippen LogP contribution in [0, 0.1) is 0 Å². The molecular formula is C19H14BrClN2O3. The van der Waals surface area contributed by atoms with Crippen molar-refractivity contribution in [2.45, 2.75) is 6.54 Å². The largest absolute Gasteiger partial charge is 0.455 e. The number of carbonyl (C=O) groups is 1. The molecule has 1 N–H and O–H groups in total. The molecule has 0 fully saturated rings. The Hall–Kier alpha value is -2.57. The van der Waals surface area contributed by atoms with Gasteiger partial charge in [0.25, 0.3) is 5.56 Å². The van der Waals surface area contributed by atoms with Gasteiger partial charge in [0.1, 0.15) is 12.3 Å². The van der Waals surface area contributed by atoms with Gasteiger partial charge in [0, 0.05) is 21.8 Å². The highest BCUT2D eigenvalue weighted by Crippen LogP contribution is 2.32. The summed E-state index contributed by atoms with van der Waals surface area (Å²) < 4.78 is 7.83. The minimum atomic E-state index is -0.370. The van der Waals surface area contributed by atoms with Crippen molar-refractivity contribution in [2.24, 2.45) is 0 Å². The lowest BCUT2D eigenvalue weighted by molar-refractivity contribution is -0.116. The highest BCUT2D eigenvalue weighted by atomic mass is 79.9. The molecule has 0 aliphatic heterocycles. The molecule has 1 aromatic heterocycles. The van der Waals surface area contributed by atoms with Crippen molar-refractivity contribution in [2.75, 3.05) is 5.32 Å². The van der Waals surface area contributed by atoms with Gasteiger partial charge < -0.3 is 14.6 Å². The summed E-state index contributed by atoms with van der Waals surface area (Å²) in [4.78, 5) is 24.2. The third-order valence-corrected chi connectivity index (χ3v) is 4.15. The number of hydrogen-bond donors (Lipinski definition) is 1. The van der Waals surface area contributed by atoms with Crippen LogP contribution in [0.5, 0.6) is 11.5 Å². The molecule has 1 amide bonds. The van der Waals surface area contributed by atoms with E-state index in [9.17, 15) is 9.59 Å². The van der Waals surface area contributed by atoms with Gasteiger partial charge >= 0.3 is 0 Å². The monoisotopic (exact) mass is 432 g/mol. The zero-order valence-corrected chi connectivity index (χ0v) is 15.8. The summed E-state index contributed by atoms with van der Waals surface area (Å²) in [6.45, 7) is -0.129. The number of aromatic nitrogens is 1. The van der Waals surface area contributed by atoms with E-state index in [1.807, 2.05) is 18.2 Å². The van der Waals surface area contributed by atoms with Gasteiger partial charge in [-0.15, -0.1) is 0 Å². The number of ether oxygens (including phenoxy) is 1. The fourth-order valence-electron chi connectivity index (χ4n) is 2.27. The van der Waals surface area contributed by atoms with E-state index in [1.165, 1.54) is 10.6 Å². The summed E-state index contributed by atoms with van der Waals surface area (Å²) in [5, 5.41) is 3.20. The Bertz CT molecular complexity index is 990. The van der Waals surface area contributed by atoms with Crippen LogP contribution >= 0.6 is 27.5 Å². The summed E-state index contributed by atoms with van der Waals surface area (Å²) in [5.41, 5.74) is 0.157. The fraction of sp³-hybridized carbons (Fsp3) is 0.0526. The quantitative estimate of drug-likeness (QED) is 0.635.